The maximum absolute atomic E-state index is 11.5. The lowest BCUT2D eigenvalue weighted by molar-refractivity contribution is 0.587. The van der Waals surface area contributed by atoms with Crippen LogP contribution in [-0.2, 0) is 9.84 Å². The van der Waals surface area contributed by atoms with Gasteiger partial charge in [0.2, 0.25) is 0 Å². The average molecular weight is 469 g/mol. The third-order valence-electron chi connectivity index (χ3n) is 4.08. The predicted octanol–water partition coefficient (Wildman–Crippen LogP) is 2.56. The summed E-state index contributed by atoms with van der Waals surface area (Å²) in [5.74, 6) is 1.58. The van der Waals surface area contributed by atoms with Crippen molar-refractivity contribution in [3.63, 3.8) is 0 Å². The smallest absolute Gasteiger partial charge is 0.191 e. The molecule has 1 aromatic heterocycles. The summed E-state index contributed by atoms with van der Waals surface area (Å²) in [4.78, 5) is 5.91. The molecule has 2 atom stereocenters. The molecular formula is C15H24IN3O2S2. The van der Waals surface area contributed by atoms with E-state index in [2.05, 4.69) is 34.0 Å². The second kappa shape index (κ2) is 8.15. The van der Waals surface area contributed by atoms with Crippen molar-refractivity contribution in [2.45, 2.75) is 38.3 Å². The molecule has 130 valence electrons. The lowest BCUT2D eigenvalue weighted by atomic mass is 10.1. The van der Waals surface area contributed by atoms with Crippen LogP contribution in [0.25, 0.3) is 0 Å². The van der Waals surface area contributed by atoms with Crippen LogP contribution in [0.5, 0.6) is 0 Å². The zero-order chi connectivity index (χ0) is 15.6. The van der Waals surface area contributed by atoms with Gasteiger partial charge in [-0.2, -0.15) is 0 Å². The summed E-state index contributed by atoms with van der Waals surface area (Å²) in [5, 5.41) is 8.93. The molecule has 0 spiro atoms. The molecule has 2 aliphatic rings. The Morgan fingerprint density at radius 3 is 2.78 bits per heavy atom. The first-order valence-electron chi connectivity index (χ1n) is 7.83. The Hall–Kier alpha value is -0.350. The number of hydrogen-bond donors (Lipinski definition) is 2. The van der Waals surface area contributed by atoms with Gasteiger partial charge in [-0.1, -0.05) is 6.07 Å². The zero-order valence-electron chi connectivity index (χ0n) is 13.2. The maximum Gasteiger partial charge on any atom is 0.191 e. The van der Waals surface area contributed by atoms with E-state index in [1.807, 2.05) is 6.07 Å². The number of aliphatic imine (C=N–C) groups is 1. The molecule has 2 unspecified atom stereocenters. The molecular weight excluding hydrogens is 445 g/mol. The minimum atomic E-state index is -2.82. The highest BCUT2D eigenvalue weighted by Gasteiger charge is 2.28. The van der Waals surface area contributed by atoms with E-state index in [0.717, 1.165) is 12.4 Å². The van der Waals surface area contributed by atoms with Crippen LogP contribution in [0.4, 0.5) is 0 Å². The van der Waals surface area contributed by atoms with Gasteiger partial charge in [0, 0.05) is 17.5 Å². The van der Waals surface area contributed by atoms with E-state index in [1.165, 1.54) is 17.7 Å². The van der Waals surface area contributed by atoms with E-state index < -0.39 is 9.84 Å². The summed E-state index contributed by atoms with van der Waals surface area (Å²) in [7, 11) is -2.82. The third-order valence-corrected chi connectivity index (χ3v) is 6.97. The number of nitrogens with one attached hydrogen (secondary N) is 2. The quantitative estimate of drug-likeness (QED) is 0.395. The van der Waals surface area contributed by atoms with Crippen molar-refractivity contribution < 1.29 is 8.42 Å². The molecule has 5 nitrogen and oxygen atoms in total. The zero-order valence-corrected chi connectivity index (χ0v) is 17.2. The van der Waals surface area contributed by atoms with Crippen LogP contribution in [0.1, 0.15) is 37.1 Å². The summed E-state index contributed by atoms with van der Waals surface area (Å²) in [6.07, 6.45) is 3.11. The van der Waals surface area contributed by atoms with E-state index >= 15 is 0 Å². The number of nitrogens with zero attached hydrogens (tertiary/aromatic N) is 1. The molecule has 1 saturated carbocycles. The second-order valence-electron chi connectivity index (χ2n) is 6.26. The molecule has 0 aromatic carbocycles. The van der Waals surface area contributed by atoms with Crippen molar-refractivity contribution in [1.29, 1.82) is 0 Å². The van der Waals surface area contributed by atoms with Gasteiger partial charge in [-0.3, -0.25) is 4.99 Å². The third kappa shape index (κ3) is 5.90. The predicted molar refractivity (Wildman–Crippen MR) is 107 cm³/mol. The minimum Gasteiger partial charge on any atom is -0.354 e. The largest absolute Gasteiger partial charge is 0.354 e. The Morgan fingerprint density at radius 2 is 2.22 bits per heavy atom. The average Bonchev–Trinajstić information content (AvgIpc) is 2.99. The molecule has 0 bridgehead atoms. The molecule has 2 N–H and O–H groups in total. The van der Waals surface area contributed by atoms with Gasteiger partial charge in [0.15, 0.2) is 15.8 Å². The van der Waals surface area contributed by atoms with Gasteiger partial charge in [0.05, 0.1) is 17.5 Å². The SMILES string of the molecule is CC(NC(=NCC1CCS(=O)(=O)C1)NC1CC1)c1cccs1.I. The number of sulfone groups is 1. The van der Waals surface area contributed by atoms with E-state index in [-0.39, 0.29) is 41.7 Å². The second-order valence-corrected chi connectivity index (χ2v) is 9.47. The molecule has 23 heavy (non-hydrogen) atoms. The highest BCUT2D eigenvalue weighted by Crippen LogP contribution is 2.22. The van der Waals surface area contributed by atoms with Crippen molar-refractivity contribution in [2.24, 2.45) is 10.9 Å². The topological polar surface area (TPSA) is 70.6 Å². The Balaban J connectivity index is 0.00000192. The molecule has 2 heterocycles. The minimum absolute atomic E-state index is 0. The van der Waals surface area contributed by atoms with Crippen LogP contribution in [0, 0.1) is 5.92 Å². The first kappa shape index (κ1) is 19.0. The monoisotopic (exact) mass is 469 g/mol. The fourth-order valence-corrected chi connectivity index (χ4v) is 5.19. The van der Waals surface area contributed by atoms with Gasteiger partial charge < -0.3 is 10.6 Å². The first-order chi connectivity index (χ1) is 10.5. The fourth-order valence-electron chi connectivity index (χ4n) is 2.60. The lowest BCUT2D eigenvalue weighted by Crippen LogP contribution is -2.40. The molecule has 2 fully saturated rings. The normalized spacial score (nSPS) is 24.7. The summed E-state index contributed by atoms with van der Waals surface area (Å²) in [5.41, 5.74) is 0. The van der Waals surface area contributed by atoms with Gasteiger partial charge in [0.1, 0.15) is 0 Å². The Morgan fingerprint density at radius 1 is 1.43 bits per heavy atom. The van der Waals surface area contributed by atoms with Gasteiger partial charge in [-0.05, 0) is 43.6 Å². The van der Waals surface area contributed by atoms with Crippen LogP contribution < -0.4 is 10.6 Å². The van der Waals surface area contributed by atoms with E-state index in [1.54, 1.807) is 11.3 Å². The standard InChI is InChI=1S/C15H23N3O2S2.HI/c1-11(14-3-2-7-21-14)17-15(18-13-4-5-13)16-9-12-6-8-22(19,20)10-12;/h2-3,7,11-13H,4-6,8-10H2,1H3,(H2,16,17,18);1H. The number of rotatable bonds is 5. The summed E-state index contributed by atoms with van der Waals surface area (Å²) in [6.45, 7) is 2.70. The van der Waals surface area contributed by atoms with Crippen molar-refractivity contribution in [3.8, 4) is 0 Å². The molecule has 1 aliphatic heterocycles. The highest BCUT2D eigenvalue weighted by atomic mass is 127. The van der Waals surface area contributed by atoms with Crippen molar-refractivity contribution >= 4 is 51.1 Å². The molecule has 1 aromatic rings. The van der Waals surface area contributed by atoms with Crippen LogP contribution >= 0.6 is 35.3 Å². The number of halogens is 1. The summed E-state index contributed by atoms with van der Waals surface area (Å²) in [6, 6.07) is 4.89. The summed E-state index contributed by atoms with van der Waals surface area (Å²) >= 11 is 1.73. The molecule has 3 rings (SSSR count). The van der Waals surface area contributed by atoms with Crippen LogP contribution in [0.3, 0.4) is 0 Å². The Bertz CT molecular complexity index is 627. The number of hydrogen-bond acceptors (Lipinski definition) is 4. The molecule has 1 saturated heterocycles. The Labute approximate surface area is 159 Å². The van der Waals surface area contributed by atoms with E-state index in [9.17, 15) is 8.42 Å². The summed E-state index contributed by atoms with van der Waals surface area (Å²) < 4.78 is 23.1. The fraction of sp³-hybridized carbons (Fsp3) is 0.667. The van der Waals surface area contributed by atoms with Crippen LogP contribution in [0.15, 0.2) is 22.5 Å². The van der Waals surface area contributed by atoms with Gasteiger partial charge in [-0.25, -0.2) is 8.42 Å². The maximum atomic E-state index is 11.5. The van der Waals surface area contributed by atoms with Crippen molar-refractivity contribution in [1.82, 2.24) is 10.6 Å². The molecule has 0 amide bonds. The first-order valence-corrected chi connectivity index (χ1v) is 10.5. The van der Waals surface area contributed by atoms with Gasteiger partial charge in [0.25, 0.3) is 0 Å². The number of guanidine groups is 1. The molecule has 0 radical (unpaired) electrons. The van der Waals surface area contributed by atoms with Gasteiger partial charge in [-0.15, -0.1) is 35.3 Å². The Kier molecular flexibility index (Phi) is 6.73. The van der Waals surface area contributed by atoms with Crippen molar-refractivity contribution in [2.75, 3.05) is 18.1 Å². The van der Waals surface area contributed by atoms with Crippen LogP contribution in [-0.4, -0.2) is 38.5 Å². The number of thiophene rings is 1. The van der Waals surface area contributed by atoms with E-state index in [0.29, 0.717) is 18.3 Å². The highest BCUT2D eigenvalue weighted by molar-refractivity contribution is 14.0. The lowest BCUT2D eigenvalue weighted by Gasteiger charge is -2.18. The van der Waals surface area contributed by atoms with E-state index in [4.69, 9.17) is 0 Å². The van der Waals surface area contributed by atoms with Gasteiger partial charge >= 0.3 is 0 Å². The molecule has 1 aliphatic carbocycles. The van der Waals surface area contributed by atoms with Crippen LogP contribution in [0.2, 0.25) is 0 Å². The van der Waals surface area contributed by atoms with Crippen molar-refractivity contribution in [3.05, 3.63) is 22.4 Å². The molecule has 8 heteroatoms.